The van der Waals surface area contributed by atoms with E-state index in [1.54, 1.807) is 0 Å². The summed E-state index contributed by atoms with van der Waals surface area (Å²) >= 11 is 0. The second-order valence-electron chi connectivity index (χ2n) is 6.92. The number of nitrogens with one attached hydrogen (secondary N) is 1. The van der Waals surface area contributed by atoms with Crippen LogP contribution in [0.25, 0.3) is 0 Å². The fourth-order valence-corrected chi connectivity index (χ4v) is 4.04. The number of likely N-dealkylation sites (tertiary alicyclic amines) is 1. The predicted molar refractivity (Wildman–Crippen MR) is 78.3 cm³/mol. The van der Waals surface area contributed by atoms with Crippen molar-refractivity contribution in [3.63, 3.8) is 0 Å². The first-order valence-electron chi connectivity index (χ1n) is 8.41. The summed E-state index contributed by atoms with van der Waals surface area (Å²) in [5, 5.41) is 13.3. The Kier molecular flexibility index (Phi) is 4.32. The average Bonchev–Trinajstić information content (AvgIpc) is 3.17. The molecule has 1 amide bonds. The number of aliphatic hydroxyl groups excluding tert-OH is 1. The van der Waals surface area contributed by atoms with Gasteiger partial charge in [0.15, 0.2) is 0 Å². The van der Waals surface area contributed by atoms with E-state index in [1.165, 1.54) is 12.8 Å². The number of piperidine rings is 1. The highest BCUT2D eigenvalue weighted by molar-refractivity contribution is 5.81. The first-order chi connectivity index (χ1) is 9.66. The Morgan fingerprint density at radius 1 is 1.15 bits per heavy atom. The van der Waals surface area contributed by atoms with Gasteiger partial charge in [-0.15, -0.1) is 0 Å². The van der Waals surface area contributed by atoms with E-state index in [4.69, 9.17) is 0 Å². The summed E-state index contributed by atoms with van der Waals surface area (Å²) in [6.07, 6.45) is 8.89. The molecule has 3 aliphatic rings. The van der Waals surface area contributed by atoms with Crippen molar-refractivity contribution in [2.75, 3.05) is 6.54 Å². The molecule has 1 aliphatic heterocycles. The van der Waals surface area contributed by atoms with Crippen LogP contribution >= 0.6 is 0 Å². The number of nitrogens with zero attached hydrogens (tertiary/aromatic N) is 1. The molecule has 20 heavy (non-hydrogen) atoms. The Morgan fingerprint density at radius 2 is 1.95 bits per heavy atom. The van der Waals surface area contributed by atoms with E-state index in [-0.39, 0.29) is 18.1 Å². The minimum atomic E-state index is -0.153. The zero-order valence-electron chi connectivity index (χ0n) is 12.6. The minimum absolute atomic E-state index is 0.0475. The Bertz CT molecular complexity index is 356. The number of carbonyl (C=O) groups excluding carboxylic acids is 1. The van der Waals surface area contributed by atoms with E-state index in [2.05, 4.69) is 10.2 Å². The van der Waals surface area contributed by atoms with Gasteiger partial charge in [0.2, 0.25) is 5.91 Å². The molecule has 0 radical (unpaired) electrons. The maximum absolute atomic E-state index is 12.3. The minimum Gasteiger partial charge on any atom is -0.393 e. The zero-order valence-corrected chi connectivity index (χ0v) is 12.6. The van der Waals surface area contributed by atoms with Crippen LogP contribution in [0.4, 0.5) is 0 Å². The summed E-state index contributed by atoms with van der Waals surface area (Å²) in [4.78, 5) is 14.7. The van der Waals surface area contributed by atoms with E-state index >= 15 is 0 Å². The van der Waals surface area contributed by atoms with Gasteiger partial charge in [0, 0.05) is 18.0 Å². The largest absolute Gasteiger partial charge is 0.393 e. The molecule has 3 fully saturated rings. The third-order valence-corrected chi connectivity index (χ3v) is 5.42. The van der Waals surface area contributed by atoms with Crippen molar-refractivity contribution in [2.24, 2.45) is 5.92 Å². The maximum Gasteiger partial charge on any atom is 0.237 e. The van der Waals surface area contributed by atoms with Crippen molar-refractivity contribution in [1.29, 1.82) is 0 Å². The van der Waals surface area contributed by atoms with Crippen LogP contribution in [0.2, 0.25) is 0 Å². The predicted octanol–water partition coefficient (Wildman–Crippen LogP) is 1.67. The average molecular weight is 280 g/mol. The van der Waals surface area contributed by atoms with Crippen LogP contribution in [-0.4, -0.2) is 46.7 Å². The molecule has 0 spiro atoms. The van der Waals surface area contributed by atoms with Gasteiger partial charge in [-0.3, -0.25) is 9.69 Å². The number of hydrogen-bond acceptors (Lipinski definition) is 3. The second kappa shape index (κ2) is 6.02. The van der Waals surface area contributed by atoms with Crippen LogP contribution in [0.5, 0.6) is 0 Å². The summed E-state index contributed by atoms with van der Waals surface area (Å²) < 4.78 is 0. The molecule has 4 atom stereocenters. The van der Waals surface area contributed by atoms with Gasteiger partial charge in [-0.2, -0.15) is 0 Å². The van der Waals surface area contributed by atoms with E-state index in [0.29, 0.717) is 18.0 Å². The molecule has 3 rings (SSSR count). The second-order valence-corrected chi connectivity index (χ2v) is 6.92. The van der Waals surface area contributed by atoms with Crippen molar-refractivity contribution in [1.82, 2.24) is 10.2 Å². The Hall–Kier alpha value is -0.610. The molecule has 0 aromatic rings. The highest BCUT2D eigenvalue weighted by Gasteiger charge is 2.40. The van der Waals surface area contributed by atoms with E-state index in [0.717, 1.165) is 45.1 Å². The van der Waals surface area contributed by atoms with Gasteiger partial charge in [-0.25, -0.2) is 0 Å². The van der Waals surface area contributed by atoms with Crippen molar-refractivity contribution >= 4 is 5.91 Å². The molecule has 2 N–H and O–H groups in total. The molecular weight excluding hydrogens is 252 g/mol. The lowest BCUT2D eigenvalue weighted by Gasteiger charge is -2.43. The number of rotatable bonds is 4. The van der Waals surface area contributed by atoms with Gasteiger partial charge in [0.1, 0.15) is 0 Å². The monoisotopic (exact) mass is 280 g/mol. The van der Waals surface area contributed by atoms with Gasteiger partial charge < -0.3 is 10.4 Å². The Labute approximate surface area is 121 Å². The molecule has 114 valence electrons. The van der Waals surface area contributed by atoms with E-state index < -0.39 is 0 Å². The number of amides is 1. The van der Waals surface area contributed by atoms with Gasteiger partial charge in [0.25, 0.3) is 0 Å². The molecule has 4 nitrogen and oxygen atoms in total. The topological polar surface area (TPSA) is 52.6 Å². The smallest absolute Gasteiger partial charge is 0.237 e. The third kappa shape index (κ3) is 3.01. The van der Waals surface area contributed by atoms with Gasteiger partial charge in [-0.1, -0.05) is 12.8 Å². The molecule has 0 aromatic carbocycles. The lowest BCUT2D eigenvalue weighted by atomic mass is 9.86. The molecule has 0 bridgehead atoms. The van der Waals surface area contributed by atoms with Crippen LogP contribution in [0, 0.1) is 5.92 Å². The first kappa shape index (κ1) is 14.3. The van der Waals surface area contributed by atoms with Crippen molar-refractivity contribution < 1.29 is 9.90 Å². The van der Waals surface area contributed by atoms with Crippen molar-refractivity contribution in [3.8, 4) is 0 Å². The fraction of sp³-hybridized carbons (Fsp3) is 0.938. The maximum atomic E-state index is 12.3. The third-order valence-electron chi connectivity index (χ3n) is 5.42. The summed E-state index contributed by atoms with van der Waals surface area (Å²) in [5.74, 6) is 0.568. The van der Waals surface area contributed by atoms with E-state index in [9.17, 15) is 9.90 Å². The van der Waals surface area contributed by atoms with Crippen LogP contribution in [0.3, 0.4) is 0 Å². The number of hydrogen-bond donors (Lipinski definition) is 2. The lowest BCUT2D eigenvalue weighted by molar-refractivity contribution is -0.128. The molecule has 1 heterocycles. The number of aliphatic hydroxyl groups is 1. The van der Waals surface area contributed by atoms with Crippen LogP contribution in [-0.2, 0) is 4.79 Å². The molecule has 2 aliphatic carbocycles. The summed E-state index contributed by atoms with van der Waals surface area (Å²) in [5.41, 5.74) is 0. The fourth-order valence-electron chi connectivity index (χ4n) is 4.04. The first-order valence-corrected chi connectivity index (χ1v) is 8.41. The van der Waals surface area contributed by atoms with Crippen LogP contribution < -0.4 is 5.32 Å². The van der Waals surface area contributed by atoms with Gasteiger partial charge >= 0.3 is 0 Å². The quantitative estimate of drug-likeness (QED) is 0.823. The molecule has 1 saturated heterocycles. The zero-order chi connectivity index (χ0) is 14.1. The Balaban J connectivity index is 1.65. The molecular formula is C16H28N2O2. The van der Waals surface area contributed by atoms with E-state index in [1.807, 2.05) is 6.92 Å². The molecule has 0 aromatic heterocycles. The summed E-state index contributed by atoms with van der Waals surface area (Å²) in [6.45, 7) is 3.05. The molecule has 2 saturated carbocycles. The van der Waals surface area contributed by atoms with Gasteiger partial charge in [-0.05, 0) is 52.0 Å². The lowest BCUT2D eigenvalue weighted by Crippen LogP contribution is -2.55. The number of carbonyl (C=O) groups is 1. The highest BCUT2D eigenvalue weighted by Crippen LogP contribution is 2.36. The molecule has 4 heteroatoms. The van der Waals surface area contributed by atoms with Crippen molar-refractivity contribution in [3.05, 3.63) is 0 Å². The Morgan fingerprint density at radius 3 is 2.60 bits per heavy atom. The SMILES string of the molecule is CC(C(=O)NC1CC1)N1CCCCC1C1CCCC1O. The normalized spacial score (nSPS) is 36.8. The van der Waals surface area contributed by atoms with Crippen LogP contribution in [0.1, 0.15) is 58.3 Å². The molecule has 4 unspecified atom stereocenters. The highest BCUT2D eigenvalue weighted by atomic mass is 16.3. The van der Waals surface area contributed by atoms with Crippen molar-refractivity contribution in [2.45, 2.75) is 82.5 Å². The van der Waals surface area contributed by atoms with Gasteiger partial charge in [0.05, 0.1) is 12.1 Å². The van der Waals surface area contributed by atoms with Crippen LogP contribution in [0.15, 0.2) is 0 Å². The standard InChI is InChI=1S/C16H28N2O2/c1-11(16(20)17-12-8-9-12)18-10-3-2-6-14(18)13-5-4-7-15(13)19/h11-15,19H,2-10H2,1H3,(H,17,20). The summed E-state index contributed by atoms with van der Waals surface area (Å²) in [7, 11) is 0. The summed E-state index contributed by atoms with van der Waals surface area (Å²) in [6, 6.07) is 0.792.